The first-order valence-corrected chi connectivity index (χ1v) is 3.30. The minimum Gasteiger partial charge on any atom is -0.481 e. The standard InChI is InChI=1S/C7H10N2O2.ClH/c1-5-6(3-7(10)11)8-4-9(5)2;/h4H,3H2,1-2H3,(H,10,11);1H. The lowest BCUT2D eigenvalue weighted by atomic mass is 10.2. The number of carbonyl (C=O) groups is 1. The maximum Gasteiger partial charge on any atom is 0.309 e. The number of carboxylic acids is 1. The molecule has 1 rings (SSSR count). The number of carboxylic acid groups (broad SMARTS) is 1. The van der Waals surface area contributed by atoms with Crippen LogP contribution in [0.1, 0.15) is 11.4 Å². The van der Waals surface area contributed by atoms with E-state index in [0.29, 0.717) is 5.69 Å². The Morgan fingerprint density at radius 3 is 2.67 bits per heavy atom. The molecule has 1 aromatic heterocycles. The van der Waals surface area contributed by atoms with E-state index in [0.717, 1.165) is 5.69 Å². The Kier molecular flexibility index (Phi) is 3.76. The van der Waals surface area contributed by atoms with Crippen LogP contribution in [0.5, 0.6) is 0 Å². The summed E-state index contributed by atoms with van der Waals surface area (Å²) in [5.74, 6) is -0.841. The van der Waals surface area contributed by atoms with Crippen molar-refractivity contribution >= 4 is 18.4 Å². The number of rotatable bonds is 2. The highest BCUT2D eigenvalue weighted by Crippen LogP contribution is 2.04. The summed E-state index contributed by atoms with van der Waals surface area (Å²) in [4.78, 5) is 14.2. The zero-order chi connectivity index (χ0) is 8.43. The van der Waals surface area contributed by atoms with E-state index < -0.39 is 5.97 Å². The zero-order valence-electron chi connectivity index (χ0n) is 6.94. The topological polar surface area (TPSA) is 55.1 Å². The average Bonchev–Trinajstić information content (AvgIpc) is 2.18. The Morgan fingerprint density at radius 2 is 2.33 bits per heavy atom. The van der Waals surface area contributed by atoms with Gasteiger partial charge < -0.3 is 9.67 Å². The summed E-state index contributed by atoms with van der Waals surface area (Å²) in [7, 11) is 1.84. The van der Waals surface area contributed by atoms with Gasteiger partial charge in [0.25, 0.3) is 0 Å². The predicted octanol–water partition coefficient (Wildman–Crippen LogP) is 0.777. The van der Waals surface area contributed by atoms with Crippen molar-refractivity contribution < 1.29 is 9.90 Å². The number of imidazole rings is 1. The second-order valence-corrected chi connectivity index (χ2v) is 2.46. The quantitative estimate of drug-likeness (QED) is 0.750. The van der Waals surface area contributed by atoms with Crippen LogP contribution in [0, 0.1) is 6.92 Å². The lowest BCUT2D eigenvalue weighted by Gasteiger charge is -1.95. The molecule has 0 unspecified atom stereocenters. The van der Waals surface area contributed by atoms with Crippen molar-refractivity contribution in [2.24, 2.45) is 7.05 Å². The minimum atomic E-state index is -0.841. The Morgan fingerprint density at radius 1 is 1.75 bits per heavy atom. The van der Waals surface area contributed by atoms with Gasteiger partial charge in [-0.25, -0.2) is 4.98 Å². The van der Waals surface area contributed by atoms with Gasteiger partial charge in [-0.15, -0.1) is 12.4 Å². The summed E-state index contributed by atoms with van der Waals surface area (Å²) in [5.41, 5.74) is 1.55. The number of hydrogen-bond donors (Lipinski definition) is 1. The van der Waals surface area contributed by atoms with Crippen LogP contribution in [0.4, 0.5) is 0 Å². The largest absolute Gasteiger partial charge is 0.481 e. The molecule has 0 aromatic carbocycles. The smallest absolute Gasteiger partial charge is 0.309 e. The van der Waals surface area contributed by atoms with Crippen molar-refractivity contribution in [2.75, 3.05) is 0 Å². The zero-order valence-corrected chi connectivity index (χ0v) is 7.76. The highest BCUT2D eigenvalue weighted by Gasteiger charge is 2.07. The Balaban J connectivity index is 0.00000121. The maximum atomic E-state index is 10.3. The molecule has 12 heavy (non-hydrogen) atoms. The third-order valence-electron chi connectivity index (χ3n) is 1.65. The minimum absolute atomic E-state index is 0. The molecule has 4 nitrogen and oxygen atoms in total. The van der Waals surface area contributed by atoms with E-state index in [1.165, 1.54) is 0 Å². The molecule has 0 bridgehead atoms. The number of halogens is 1. The Bertz CT molecular complexity index is 283. The molecular formula is C7H11ClN2O2. The van der Waals surface area contributed by atoms with E-state index in [1.807, 2.05) is 14.0 Å². The first kappa shape index (κ1) is 11.0. The summed E-state index contributed by atoms with van der Waals surface area (Å²) in [6.45, 7) is 1.85. The van der Waals surface area contributed by atoms with Crippen molar-refractivity contribution in [1.82, 2.24) is 9.55 Å². The fourth-order valence-electron chi connectivity index (χ4n) is 0.857. The Labute approximate surface area is 76.6 Å². The van der Waals surface area contributed by atoms with Gasteiger partial charge in [0.1, 0.15) is 0 Å². The van der Waals surface area contributed by atoms with Gasteiger partial charge in [-0.2, -0.15) is 0 Å². The molecule has 0 saturated heterocycles. The SMILES string of the molecule is Cc1c(CC(=O)O)ncn1C.Cl. The summed E-state index contributed by atoms with van der Waals surface area (Å²) in [6, 6.07) is 0. The van der Waals surface area contributed by atoms with Crippen LogP contribution in [0.3, 0.4) is 0 Å². The van der Waals surface area contributed by atoms with Gasteiger partial charge in [0.05, 0.1) is 18.4 Å². The molecule has 1 N–H and O–H groups in total. The third kappa shape index (κ3) is 2.23. The van der Waals surface area contributed by atoms with Crippen molar-refractivity contribution in [3.8, 4) is 0 Å². The average molecular weight is 191 g/mol. The molecule has 1 aromatic rings. The number of hydrogen-bond acceptors (Lipinski definition) is 2. The molecule has 0 aliphatic rings. The van der Waals surface area contributed by atoms with E-state index in [-0.39, 0.29) is 18.8 Å². The van der Waals surface area contributed by atoms with Crippen molar-refractivity contribution in [1.29, 1.82) is 0 Å². The van der Waals surface area contributed by atoms with E-state index in [1.54, 1.807) is 10.9 Å². The fraction of sp³-hybridized carbons (Fsp3) is 0.429. The number of aliphatic carboxylic acids is 1. The van der Waals surface area contributed by atoms with Crippen molar-refractivity contribution in [3.63, 3.8) is 0 Å². The van der Waals surface area contributed by atoms with Gasteiger partial charge in [-0.1, -0.05) is 0 Å². The molecule has 68 valence electrons. The molecule has 0 aliphatic heterocycles. The molecule has 0 amide bonds. The fourth-order valence-corrected chi connectivity index (χ4v) is 0.857. The summed E-state index contributed by atoms with van der Waals surface area (Å²) >= 11 is 0. The van der Waals surface area contributed by atoms with Crippen LogP contribution in [0.2, 0.25) is 0 Å². The van der Waals surface area contributed by atoms with E-state index in [4.69, 9.17) is 5.11 Å². The molecule has 0 aliphatic carbocycles. The monoisotopic (exact) mass is 190 g/mol. The molecule has 0 fully saturated rings. The molecule has 0 atom stereocenters. The highest BCUT2D eigenvalue weighted by molar-refractivity contribution is 5.85. The van der Waals surface area contributed by atoms with Gasteiger partial charge in [-0.3, -0.25) is 4.79 Å². The lowest BCUT2D eigenvalue weighted by Crippen LogP contribution is -2.02. The normalized spacial score (nSPS) is 9.17. The molecule has 5 heteroatoms. The highest BCUT2D eigenvalue weighted by atomic mass is 35.5. The number of aromatic nitrogens is 2. The third-order valence-corrected chi connectivity index (χ3v) is 1.65. The summed E-state index contributed by atoms with van der Waals surface area (Å²) < 4.78 is 1.80. The summed E-state index contributed by atoms with van der Waals surface area (Å²) in [5, 5.41) is 8.45. The van der Waals surface area contributed by atoms with Crippen LogP contribution < -0.4 is 0 Å². The van der Waals surface area contributed by atoms with Crippen molar-refractivity contribution in [2.45, 2.75) is 13.3 Å². The lowest BCUT2D eigenvalue weighted by molar-refractivity contribution is -0.136. The Hall–Kier alpha value is -1.03. The molecule has 0 spiro atoms. The molecule has 0 saturated carbocycles. The van der Waals surface area contributed by atoms with Gasteiger partial charge in [0.15, 0.2) is 0 Å². The van der Waals surface area contributed by atoms with E-state index in [9.17, 15) is 4.79 Å². The van der Waals surface area contributed by atoms with Gasteiger partial charge in [0, 0.05) is 12.7 Å². The van der Waals surface area contributed by atoms with Gasteiger partial charge in [0.2, 0.25) is 0 Å². The van der Waals surface area contributed by atoms with Crippen LogP contribution in [-0.2, 0) is 18.3 Å². The molecular weight excluding hydrogens is 180 g/mol. The van der Waals surface area contributed by atoms with Crippen LogP contribution in [-0.4, -0.2) is 20.6 Å². The van der Waals surface area contributed by atoms with Crippen molar-refractivity contribution in [3.05, 3.63) is 17.7 Å². The first-order valence-electron chi connectivity index (χ1n) is 3.30. The van der Waals surface area contributed by atoms with Gasteiger partial charge >= 0.3 is 5.97 Å². The van der Waals surface area contributed by atoms with Crippen LogP contribution in [0.25, 0.3) is 0 Å². The second kappa shape index (κ2) is 4.11. The predicted molar refractivity (Wildman–Crippen MR) is 46.5 cm³/mol. The van der Waals surface area contributed by atoms with Gasteiger partial charge in [-0.05, 0) is 6.92 Å². The van der Waals surface area contributed by atoms with E-state index >= 15 is 0 Å². The summed E-state index contributed by atoms with van der Waals surface area (Å²) in [6.07, 6.45) is 1.63. The number of nitrogens with zero attached hydrogens (tertiary/aromatic N) is 2. The van der Waals surface area contributed by atoms with Crippen LogP contribution in [0.15, 0.2) is 6.33 Å². The second-order valence-electron chi connectivity index (χ2n) is 2.46. The molecule has 0 radical (unpaired) electrons. The van der Waals surface area contributed by atoms with E-state index in [2.05, 4.69) is 4.98 Å². The number of aryl methyl sites for hydroxylation is 1. The maximum absolute atomic E-state index is 10.3. The molecule has 1 heterocycles. The first-order chi connectivity index (χ1) is 5.11. The van der Waals surface area contributed by atoms with Crippen LogP contribution >= 0.6 is 12.4 Å².